The Hall–Kier alpha value is -5.05. The molecule has 1 aromatic carbocycles. The van der Waals surface area contributed by atoms with E-state index in [1.165, 1.54) is 45.5 Å². The van der Waals surface area contributed by atoms with Crippen molar-refractivity contribution in [1.29, 1.82) is 0 Å². The molecular formula is C44H67N9O10S2. The highest BCUT2D eigenvalue weighted by molar-refractivity contribution is 7.98. The van der Waals surface area contributed by atoms with E-state index < -0.39 is 108 Å². The maximum Gasteiger partial charge on any atom is 0.322 e. The maximum absolute atomic E-state index is 14.5. The van der Waals surface area contributed by atoms with Gasteiger partial charge in [0.15, 0.2) is 0 Å². The highest BCUT2D eigenvalue weighted by atomic mass is 32.2. The highest BCUT2D eigenvalue weighted by Crippen LogP contribution is 2.24. The van der Waals surface area contributed by atoms with E-state index in [-0.39, 0.29) is 56.9 Å². The number of imide groups is 1. The van der Waals surface area contributed by atoms with Crippen LogP contribution in [0.3, 0.4) is 0 Å². The van der Waals surface area contributed by atoms with Gasteiger partial charge in [-0.05, 0) is 98.5 Å². The number of thioether (sulfide) groups is 2. The van der Waals surface area contributed by atoms with E-state index in [0.717, 1.165) is 0 Å². The summed E-state index contributed by atoms with van der Waals surface area (Å²) in [5.74, 6) is -4.81. The molecule has 8 unspecified atom stereocenters. The first-order chi connectivity index (χ1) is 31.0. The van der Waals surface area contributed by atoms with Crippen LogP contribution in [0, 0.1) is 11.8 Å². The average Bonchev–Trinajstić information content (AvgIpc) is 3.98. The summed E-state index contributed by atoms with van der Waals surface area (Å²) in [5, 5.41) is 28.4. The third kappa shape index (κ3) is 15.3. The average molecular weight is 946 g/mol. The summed E-state index contributed by atoms with van der Waals surface area (Å²) < 4.78 is 0. The number of aromatic hydroxyl groups is 1. The second kappa shape index (κ2) is 25.6. The van der Waals surface area contributed by atoms with Crippen LogP contribution < -0.4 is 37.2 Å². The van der Waals surface area contributed by atoms with E-state index in [4.69, 9.17) is 0 Å². The molecule has 65 heavy (non-hydrogen) atoms. The summed E-state index contributed by atoms with van der Waals surface area (Å²) in [7, 11) is 0. The second-order valence-electron chi connectivity index (χ2n) is 17.3. The molecular weight excluding hydrogens is 879 g/mol. The van der Waals surface area contributed by atoms with E-state index in [9.17, 15) is 48.3 Å². The molecule has 10 amide bonds. The minimum Gasteiger partial charge on any atom is -0.508 e. The topological polar surface area (TPSA) is 265 Å². The van der Waals surface area contributed by atoms with Crippen molar-refractivity contribution >= 4 is 76.8 Å². The minimum absolute atomic E-state index is 0.00894. The lowest BCUT2D eigenvalue weighted by Crippen LogP contribution is -2.61. The summed E-state index contributed by atoms with van der Waals surface area (Å²) in [6.45, 7) is 7.16. The Morgan fingerprint density at radius 3 is 1.80 bits per heavy atom. The standard InChI is InChI=1S/C44H67N9O10S2/c1-7-26(4)36-41(60)47-31(23-27-12-14-28(54)15-13-27)38(57)48-32(22-25(2)3)43(62)53-19-8-10-33(53)39(58)46-30(17-21-65-6)42(61)52-18-9-11-34(52)40(59)51-44(63)49-29(16-20-64-5)37(56)45-24-35(55)50-36/h12-15,25-26,29-34,36,54H,7-11,16-24H2,1-6H3,(H,45,56)(H,46,58)(H,47,60)(H,48,57)(H,50,55)(H2,49,51,59,63). The first kappa shape index (κ1) is 52.6. The van der Waals surface area contributed by atoms with Crippen molar-refractivity contribution < 1.29 is 48.3 Å². The van der Waals surface area contributed by atoms with Crippen molar-refractivity contribution in [2.24, 2.45) is 11.8 Å². The predicted octanol–water partition coefficient (Wildman–Crippen LogP) is 0.779. The number of phenols is 1. The van der Waals surface area contributed by atoms with Gasteiger partial charge in [0.25, 0.3) is 5.91 Å². The van der Waals surface area contributed by atoms with E-state index in [2.05, 4.69) is 37.2 Å². The van der Waals surface area contributed by atoms with Crippen LogP contribution in [-0.4, -0.2) is 154 Å². The van der Waals surface area contributed by atoms with Gasteiger partial charge in [0, 0.05) is 19.5 Å². The lowest BCUT2D eigenvalue weighted by molar-refractivity contribution is -0.144. The van der Waals surface area contributed by atoms with Crippen molar-refractivity contribution in [1.82, 2.24) is 47.0 Å². The monoisotopic (exact) mass is 945 g/mol. The smallest absolute Gasteiger partial charge is 0.322 e. The van der Waals surface area contributed by atoms with E-state index in [0.29, 0.717) is 42.8 Å². The summed E-state index contributed by atoms with van der Waals surface area (Å²) in [6.07, 6.45) is 6.09. The van der Waals surface area contributed by atoms with Gasteiger partial charge in [-0.25, -0.2) is 4.79 Å². The first-order valence-corrected chi connectivity index (χ1v) is 25.2. The molecule has 3 aliphatic rings. The van der Waals surface area contributed by atoms with E-state index in [1.54, 1.807) is 19.1 Å². The Balaban J connectivity index is 1.74. The molecule has 0 bridgehead atoms. The molecule has 360 valence electrons. The molecule has 0 spiro atoms. The van der Waals surface area contributed by atoms with Gasteiger partial charge >= 0.3 is 6.03 Å². The van der Waals surface area contributed by atoms with Crippen LogP contribution in [0.5, 0.6) is 5.75 Å². The number of nitrogens with zero attached hydrogens (tertiary/aromatic N) is 2. The molecule has 0 saturated carbocycles. The van der Waals surface area contributed by atoms with Crippen molar-refractivity contribution in [3.8, 4) is 5.75 Å². The van der Waals surface area contributed by atoms with Crippen molar-refractivity contribution in [3.63, 3.8) is 0 Å². The molecule has 0 aliphatic carbocycles. The van der Waals surface area contributed by atoms with E-state index in [1.807, 2.05) is 33.3 Å². The number of fused-ring (bicyclic) bond motifs is 2. The fourth-order valence-corrected chi connectivity index (χ4v) is 9.13. The summed E-state index contributed by atoms with van der Waals surface area (Å²) >= 11 is 2.88. The number of nitrogens with one attached hydrogen (secondary N) is 7. The maximum atomic E-state index is 14.5. The van der Waals surface area contributed by atoms with Crippen LogP contribution in [0.15, 0.2) is 24.3 Å². The molecule has 4 rings (SSSR count). The number of carbonyl (C=O) groups is 9. The second-order valence-corrected chi connectivity index (χ2v) is 19.3. The Bertz CT molecular complexity index is 1870. The highest BCUT2D eigenvalue weighted by Gasteiger charge is 2.42. The molecule has 19 nitrogen and oxygen atoms in total. The Kier molecular flexibility index (Phi) is 20.7. The molecule has 3 fully saturated rings. The van der Waals surface area contributed by atoms with Crippen LogP contribution in [0.25, 0.3) is 0 Å². The van der Waals surface area contributed by atoms with Crippen LogP contribution in [-0.2, 0) is 44.8 Å². The van der Waals surface area contributed by atoms with Crippen molar-refractivity contribution in [3.05, 3.63) is 29.8 Å². The summed E-state index contributed by atoms with van der Waals surface area (Å²) in [6, 6.07) is -2.70. The zero-order valence-corrected chi connectivity index (χ0v) is 39.9. The Morgan fingerprint density at radius 1 is 0.662 bits per heavy atom. The number of phenolic OH excluding ortho intramolecular Hbond substituents is 1. The Labute approximate surface area is 389 Å². The largest absolute Gasteiger partial charge is 0.508 e. The van der Waals surface area contributed by atoms with Crippen LogP contribution in [0.2, 0.25) is 0 Å². The summed E-state index contributed by atoms with van der Waals surface area (Å²) in [4.78, 5) is 128. The predicted molar refractivity (Wildman–Crippen MR) is 247 cm³/mol. The minimum atomic E-state index is -1.27. The van der Waals surface area contributed by atoms with Gasteiger partial charge in [0.1, 0.15) is 48.0 Å². The SMILES string of the molecule is CCC(C)C1NC(=O)CNC(=O)C(CCSC)NC(=O)NC(=O)C2CCCN2C(=O)C(CCSC)NC(=O)C2CCCN2C(=O)C(CC(C)C)NC(=O)C(Cc2ccc(O)cc2)NC1=O. The number of carbonyl (C=O) groups excluding carboxylic acids is 9. The third-order valence-electron chi connectivity index (χ3n) is 11.9. The van der Waals surface area contributed by atoms with Crippen molar-refractivity contribution in [2.45, 2.75) is 128 Å². The molecule has 8 N–H and O–H groups in total. The van der Waals surface area contributed by atoms with Crippen molar-refractivity contribution in [2.75, 3.05) is 43.7 Å². The zero-order valence-electron chi connectivity index (χ0n) is 38.2. The van der Waals surface area contributed by atoms with Gasteiger partial charge in [-0.15, -0.1) is 0 Å². The van der Waals surface area contributed by atoms with Crippen LogP contribution in [0.1, 0.15) is 84.6 Å². The number of hydrogen-bond donors (Lipinski definition) is 8. The van der Waals surface area contributed by atoms with Gasteiger partial charge < -0.3 is 46.8 Å². The molecule has 3 aliphatic heterocycles. The third-order valence-corrected chi connectivity index (χ3v) is 13.2. The van der Waals surface area contributed by atoms with Crippen LogP contribution in [0.4, 0.5) is 4.79 Å². The van der Waals surface area contributed by atoms with Gasteiger partial charge in [-0.1, -0.05) is 46.2 Å². The van der Waals surface area contributed by atoms with Crippen LogP contribution >= 0.6 is 23.5 Å². The molecule has 3 heterocycles. The Morgan fingerprint density at radius 2 is 1.22 bits per heavy atom. The number of urea groups is 1. The van der Waals surface area contributed by atoms with Gasteiger partial charge in [-0.3, -0.25) is 43.7 Å². The fourth-order valence-electron chi connectivity index (χ4n) is 8.18. The number of hydrogen-bond acceptors (Lipinski definition) is 12. The lowest BCUT2D eigenvalue weighted by Gasteiger charge is -2.33. The first-order valence-electron chi connectivity index (χ1n) is 22.4. The number of benzene rings is 1. The normalized spacial score (nSPS) is 26.6. The van der Waals surface area contributed by atoms with E-state index >= 15 is 0 Å². The lowest BCUT2D eigenvalue weighted by atomic mass is 9.96. The number of amides is 10. The molecule has 0 radical (unpaired) electrons. The molecule has 1 aromatic rings. The van der Waals surface area contributed by atoms with Gasteiger partial charge in [-0.2, -0.15) is 23.5 Å². The van der Waals surface area contributed by atoms with Gasteiger partial charge in [0.2, 0.25) is 41.4 Å². The molecule has 0 aromatic heterocycles. The fraction of sp³-hybridized carbons (Fsp3) is 0.659. The number of rotatable bonds is 12. The molecule has 8 atom stereocenters. The summed E-state index contributed by atoms with van der Waals surface area (Å²) in [5.41, 5.74) is 0.575. The molecule has 21 heteroatoms. The zero-order chi connectivity index (χ0) is 47.8. The molecule has 3 saturated heterocycles. The van der Waals surface area contributed by atoms with Gasteiger partial charge in [0.05, 0.1) is 6.54 Å². The quantitative estimate of drug-likeness (QED) is 0.145.